The number of rotatable bonds is 6. The van der Waals surface area contributed by atoms with E-state index in [0.29, 0.717) is 25.6 Å². The summed E-state index contributed by atoms with van der Waals surface area (Å²) in [4.78, 5) is 24.7. The van der Waals surface area contributed by atoms with Gasteiger partial charge in [-0.15, -0.1) is 0 Å². The van der Waals surface area contributed by atoms with E-state index in [1.54, 1.807) is 11.8 Å². The summed E-state index contributed by atoms with van der Waals surface area (Å²) >= 11 is 3.39. The van der Waals surface area contributed by atoms with Crippen LogP contribution in [-0.2, 0) is 14.3 Å². The van der Waals surface area contributed by atoms with Crippen molar-refractivity contribution < 1.29 is 23.8 Å². The standard InChI is InChI=1S/C17H22BrNO5/c1-2-22-16(20)12-24-17(21)19-9-7-13(8-10-19)11-23-15-5-3-14(18)4-6-15/h3-6,13H,2,7-12H2,1H3. The average molecular weight is 400 g/mol. The fraction of sp³-hybridized carbons (Fsp3) is 0.529. The number of halogens is 1. The van der Waals surface area contributed by atoms with Crippen LogP contribution in [0.5, 0.6) is 5.75 Å². The van der Waals surface area contributed by atoms with Crippen molar-refractivity contribution in [1.82, 2.24) is 4.90 Å². The smallest absolute Gasteiger partial charge is 0.410 e. The first kappa shape index (κ1) is 18.6. The summed E-state index contributed by atoms with van der Waals surface area (Å²) in [5, 5.41) is 0. The summed E-state index contributed by atoms with van der Waals surface area (Å²) < 4.78 is 16.5. The third kappa shape index (κ3) is 6.03. The van der Waals surface area contributed by atoms with E-state index in [4.69, 9.17) is 14.2 Å². The molecule has 1 aliphatic heterocycles. The zero-order valence-corrected chi connectivity index (χ0v) is 15.3. The quantitative estimate of drug-likeness (QED) is 0.686. The molecule has 1 fully saturated rings. The van der Waals surface area contributed by atoms with Crippen LogP contribution in [-0.4, -0.2) is 49.9 Å². The minimum atomic E-state index is -0.524. The molecule has 132 valence electrons. The number of carbonyl (C=O) groups is 2. The van der Waals surface area contributed by atoms with E-state index in [1.165, 1.54) is 0 Å². The number of carbonyl (C=O) groups excluding carboxylic acids is 2. The minimum Gasteiger partial charge on any atom is -0.493 e. The Morgan fingerprint density at radius 2 is 1.83 bits per heavy atom. The second kappa shape index (κ2) is 9.52. The van der Waals surface area contributed by atoms with Crippen LogP contribution in [0.4, 0.5) is 4.79 Å². The van der Waals surface area contributed by atoms with Gasteiger partial charge in [0, 0.05) is 17.6 Å². The lowest BCUT2D eigenvalue weighted by atomic mass is 9.98. The van der Waals surface area contributed by atoms with E-state index >= 15 is 0 Å². The lowest BCUT2D eigenvalue weighted by Gasteiger charge is -2.31. The molecule has 7 heteroatoms. The molecule has 2 rings (SSSR count). The zero-order valence-electron chi connectivity index (χ0n) is 13.7. The maximum atomic E-state index is 11.9. The van der Waals surface area contributed by atoms with Crippen LogP contribution >= 0.6 is 15.9 Å². The predicted octanol–water partition coefficient (Wildman–Crippen LogP) is 3.24. The van der Waals surface area contributed by atoms with Crippen LogP contribution in [0.2, 0.25) is 0 Å². The van der Waals surface area contributed by atoms with Crippen molar-refractivity contribution in [3.05, 3.63) is 28.7 Å². The second-order valence-electron chi connectivity index (χ2n) is 5.55. The number of hydrogen-bond donors (Lipinski definition) is 0. The lowest BCUT2D eigenvalue weighted by molar-refractivity contribution is -0.146. The normalized spacial score (nSPS) is 15.0. The molecule has 1 aromatic rings. The SMILES string of the molecule is CCOC(=O)COC(=O)N1CCC(COc2ccc(Br)cc2)CC1. The predicted molar refractivity (Wildman–Crippen MR) is 91.9 cm³/mol. The molecule has 24 heavy (non-hydrogen) atoms. The van der Waals surface area contributed by atoms with Crippen molar-refractivity contribution in [3.8, 4) is 5.75 Å². The van der Waals surface area contributed by atoms with E-state index in [-0.39, 0.29) is 13.2 Å². The highest BCUT2D eigenvalue weighted by Gasteiger charge is 2.24. The minimum absolute atomic E-state index is 0.278. The van der Waals surface area contributed by atoms with Crippen molar-refractivity contribution >= 4 is 28.0 Å². The van der Waals surface area contributed by atoms with Gasteiger partial charge in [-0.2, -0.15) is 0 Å². The topological polar surface area (TPSA) is 65.1 Å². The molecular weight excluding hydrogens is 378 g/mol. The van der Waals surface area contributed by atoms with Gasteiger partial charge in [-0.05, 0) is 49.9 Å². The van der Waals surface area contributed by atoms with Crippen LogP contribution < -0.4 is 4.74 Å². The third-order valence-corrected chi connectivity index (χ3v) is 4.32. The highest BCUT2D eigenvalue weighted by Crippen LogP contribution is 2.21. The highest BCUT2D eigenvalue weighted by atomic mass is 79.9. The van der Waals surface area contributed by atoms with Crippen LogP contribution in [0.3, 0.4) is 0 Å². The van der Waals surface area contributed by atoms with Crippen LogP contribution in [0.1, 0.15) is 19.8 Å². The van der Waals surface area contributed by atoms with Crippen molar-refractivity contribution in [2.45, 2.75) is 19.8 Å². The second-order valence-corrected chi connectivity index (χ2v) is 6.47. The molecule has 1 amide bonds. The van der Waals surface area contributed by atoms with E-state index in [2.05, 4.69) is 15.9 Å². The number of esters is 1. The van der Waals surface area contributed by atoms with Gasteiger partial charge < -0.3 is 19.1 Å². The zero-order chi connectivity index (χ0) is 17.4. The van der Waals surface area contributed by atoms with Crippen LogP contribution in [0, 0.1) is 5.92 Å². The molecule has 0 aliphatic carbocycles. The molecule has 1 saturated heterocycles. The first-order chi connectivity index (χ1) is 11.6. The number of nitrogens with zero attached hydrogens (tertiary/aromatic N) is 1. The Kier molecular flexibility index (Phi) is 7.36. The van der Waals surface area contributed by atoms with Gasteiger partial charge in [-0.3, -0.25) is 0 Å². The molecule has 0 bridgehead atoms. The maximum absolute atomic E-state index is 11.9. The van der Waals surface area contributed by atoms with Gasteiger partial charge >= 0.3 is 12.1 Å². The Balaban J connectivity index is 1.66. The number of benzene rings is 1. The molecule has 0 radical (unpaired) electrons. The number of piperidine rings is 1. The summed E-state index contributed by atoms with van der Waals surface area (Å²) in [5.41, 5.74) is 0. The van der Waals surface area contributed by atoms with E-state index in [0.717, 1.165) is 23.1 Å². The largest absolute Gasteiger partial charge is 0.493 e. The van der Waals surface area contributed by atoms with Crippen molar-refractivity contribution in [2.24, 2.45) is 5.92 Å². The molecule has 0 saturated carbocycles. The van der Waals surface area contributed by atoms with Crippen molar-refractivity contribution in [2.75, 3.05) is 32.9 Å². The summed E-state index contributed by atoms with van der Waals surface area (Å²) in [6.07, 6.45) is 1.24. The number of amides is 1. The average Bonchev–Trinajstić information content (AvgIpc) is 2.60. The van der Waals surface area contributed by atoms with Gasteiger partial charge in [0.05, 0.1) is 13.2 Å². The molecule has 1 aliphatic rings. The highest BCUT2D eigenvalue weighted by molar-refractivity contribution is 9.10. The molecule has 1 aromatic carbocycles. The first-order valence-corrected chi connectivity index (χ1v) is 8.83. The summed E-state index contributed by atoms with van der Waals surface area (Å²) in [7, 11) is 0. The van der Waals surface area contributed by atoms with Crippen LogP contribution in [0.15, 0.2) is 28.7 Å². The molecule has 0 aromatic heterocycles. The Morgan fingerprint density at radius 3 is 2.46 bits per heavy atom. The van der Waals surface area contributed by atoms with Crippen molar-refractivity contribution in [3.63, 3.8) is 0 Å². The third-order valence-electron chi connectivity index (χ3n) is 3.79. The van der Waals surface area contributed by atoms with Gasteiger partial charge in [0.1, 0.15) is 5.75 Å². The van der Waals surface area contributed by atoms with Gasteiger partial charge in [-0.1, -0.05) is 15.9 Å². The molecule has 6 nitrogen and oxygen atoms in total. The molecule has 0 unspecified atom stereocenters. The maximum Gasteiger partial charge on any atom is 0.410 e. The lowest BCUT2D eigenvalue weighted by Crippen LogP contribution is -2.40. The van der Waals surface area contributed by atoms with Gasteiger partial charge in [0.2, 0.25) is 0 Å². The van der Waals surface area contributed by atoms with Crippen molar-refractivity contribution in [1.29, 1.82) is 0 Å². The van der Waals surface area contributed by atoms with Crippen LogP contribution in [0.25, 0.3) is 0 Å². The van der Waals surface area contributed by atoms with Gasteiger partial charge in [0.15, 0.2) is 6.61 Å². The van der Waals surface area contributed by atoms with E-state index in [9.17, 15) is 9.59 Å². The van der Waals surface area contributed by atoms with E-state index in [1.807, 2.05) is 24.3 Å². The fourth-order valence-electron chi connectivity index (χ4n) is 2.44. The Hall–Kier alpha value is -1.76. The molecule has 0 N–H and O–H groups in total. The number of hydrogen-bond acceptors (Lipinski definition) is 5. The summed E-state index contributed by atoms with van der Waals surface area (Å²) in [6.45, 7) is 3.50. The Morgan fingerprint density at radius 1 is 1.17 bits per heavy atom. The first-order valence-electron chi connectivity index (χ1n) is 8.04. The number of ether oxygens (including phenoxy) is 3. The molecule has 0 spiro atoms. The van der Waals surface area contributed by atoms with E-state index < -0.39 is 12.1 Å². The Bertz CT molecular complexity index is 540. The Labute approximate surface area is 150 Å². The summed E-state index contributed by atoms with van der Waals surface area (Å²) in [6, 6.07) is 7.73. The summed E-state index contributed by atoms with van der Waals surface area (Å²) in [5.74, 6) is 0.723. The molecular formula is C17H22BrNO5. The monoisotopic (exact) mass is 399 g/mol. The number of likely N-dealkylation sites (tertiary alicyclic amines) is 1. The van der Waals surface area contributed by atoms with Gasteiger partial charge in [-0.25, -0.2) is 9.59 Å². The molecule has 1 heterocycles. The fourth-order valence-corrected chi connectivity index (χ4v) is 2.71. The van der Waals surface area contributed by atoms with Gasteiger partial charge in [0.25, 0.3) is 0 Å². The molecule has 0 atom stereocenters.